The normalized spacial score (nSPS) is 10.8. The summed E-state index contributed by atoms with van der Waals surface area (Å²) in [5.74, 6) is -0.160. The molecule has 1 N–H and O–H groups in total. The molecule has 8 heteroatoms. The van der Waals surface area contributed by atoms with Crippen molar-refractivity contribution in [2.75, 3.05) is 26.9 Å². The van der Waals surface area contributed by atoms with Gasteiger partial charge in [-0.25, -0.2) is 9.37 Å². The largest absolute Gasteiger partial charge is 0.484 e. The standard InChI is InChI=1S/C20H20FN3O4/c1-27-10-9-24(19(25)13-28-15-6-4-5-14(21)11-15)12-18-22-17-8-3-2-7-16(17)20(26)23-18/h2-8,11H,9-10,12-13H2,1H3,(H,22,23,26). The number of amides is 1. The third-order valence-electron chi connectivity index (χ3n) is 4.08. The van der Waals surface area contributed by atoms with E-state index < -0.39 is 5.82 Å². The zero-order valence-electron chi connectivity index (χ0n) is 15.4. The molecule has 0 saturated heterocycles. The third kappa shape index (κ3) is 4.92. The average Bonchev–Trinajstić information content (AvgIpc) is 2.69. The molecule has 1 aromatic heterocycles. The summed E-state index contributed by atoms with van der Waals surface area (Å²) in [5.41, 5.74) is 0.284. The highest BCUT2D eigenvalue weighted by Crippen LogP contribution is 2.12. The minimum Gasteiger partial charge on any atom is -0.484 e. The van der Waals surface area contributed by atoms with Crippen LogP contribution in [0.25, 0.3) is 10.9 Å². The van der Waals surface area contributed by atoms with Crippen molar-refractivity contribution in [1.82, 2.24) is 14.9 Å². The molecule has 1 heterocycles. The Bertz CT molecular complexity index is 1020. The minimum absolute atomic E-state index is 0.0920. The number of aromatic nitrogens is 2. The van der Waals surface area contributed by atoms with E-state index in [2.05, 4.69) is 9.97 Å². The zero-order chi connectivity index (χ0) is 19.9. The molecule has 0 unspecified atom stereocenters. The highest BCUT2D eigenvalue weighted by molar-refractivity contribution is 5.78. The van der Waals surface area contributed by atoms with Crippen molar-refractivity contribution in [2.24, 2.45) is 0 Å². The van der Waals surface area contributed by atoms with Crippen molar-refractivity contribution < 1.29 is 18.7 Å². The first-order valence-corrected chi connectivity index (χ1v) is 8.70. The number of benzene rings is 2. The van der Waals surface area contributed by atoms with Gasteiger partial charge in [-0.3, -0.25) is 9.59 Å². The number of para-hydroxylation sites is 1. The predicted octanol–water partition coefficient (Wildman–Crippen LogP) is 2.12. The summed E-state index contributed by atoms with van der Waals surface area (Å²) >= 11 is 0. The van der Waals surface area contributed by atoms with Gasteiger partial charge < -0.3 is 19.4 Å². The van der Waals surface area contributed by atoms with E-state index in [4.69, 9.17) is 9.47 Å². The van der Waals surface area contributed by atoms with Gasteiger partial charge in [-0.15, -0.1) is 0 Å². The molecule has 0 radical (unpaired) electrons. The Morgan fingerprint density at radius 2 is 2.04 bits per heavy atom. The van der Waals surface area contributed by atoms with E-state index in [0.717, 1.165) is 0 Å². The summed E-state index contributed by atoms with van der Waals surface area (Å²) in [6.07, 6.45) is 0. The average molecular weight is 385 g/mol. The van der Waals surface area contributed by atoms with Gasteiger partial charge in [0.15, 0.2) is 6.61 Å². The van der Waals surface area contributed by atoms with Crippen molar-refractivity contribution >= 4 is 16.8 Å². The van der Waals surface area contributed by atoms with Gasteiger partial charge in [0.25, 0.3) is 11.5 Å². The van der Waals surface area contributed by atoms with Gasteiger partial charge in [-0.1, -0.05) is 18.2 Å². The number of nitrogens with one attached hydrogen (secondary N) is 1. The van der Waals surface area contributed by atoms with Crippen molar-refractivity contribution in [3.63, 3.8) is 0 Å². The summed E-state index contributed by atoms with van der Waals surface area (Å²) in [6, 6.07) is 12.5. The number of hydrogen-bond acceptors (Lipinski definition) is 5. The molecule has 28 heavy (non-hydrogen) atoms. The summed E-state index contributed by atoms with van der Waals surface area (Å²) in [4.78, 5) is 33.4. The lowest BCUT2D eigenvalue weighted by atomic mass is 10.2. The molecule has 146 valence electrons. The van der Waals surface area contributed by atoms with E-state index in [-0.39, 0.29) is 30.4 Å². The molecule has 1 amide bonds. The monoisotopic (exact) mass is 385 g/mol. The van der Waals surface area contributed by atoms with Crippen molar-refractivity contribution in [2.45, 2.75) is 6.54 Å². The fourth-order valence-electron chi connectivity index (χ4n) is 2.68. The number of fused-ring (bicyclic) bond motifs is 1. The highest BCUT2D eigenvalue weighted by Gasteiger charge is 2.17. The van der Waals surface area contributed by atoms with Crippen LogP contribution in [0.5, 0.6) is 5.75 Å². The SMILES string of the molecule is COCCN(Cc1nc2ccccc2c(=O)[nH]1)C(=O)COc1cccc(F)c1. The molecular weight excluding hydrogens is 365 g/mol. The van der Waals surface area contributed by atoms with Crippen LogP contribution >= 0.6 is 0 Å². The molecule has 0 aliphatic carbocycles. The fraction of sp³-hybridized carbons (Fsp3) is 0.250. The third-order valence-corrected chi connectivity index (χ3v) is 4.08. The van der Waals surface area contributed by atoms with Crippen LogP contribution in [-0.4, -0.2) is 47.6 Å². The Kier molecular flexibility index (Phi) is 6.33. The van der Waals surface area contributed by atoms with Gasteiger partial charge in [-0.05, 0) is 24.3 Å². The van der Waals surface area contributed by atoms with E-state index in [1.807, 2.05) is 0 Å². The minimum atomic E-state index is -0.445. The van der Waals surface area contributed by atoms with Crippen molar-refractivity contribution in [3.8, 4) is 5.75 Å². The quantitative estimate of drug-likeness (QED) is 0.642. The van der Waals surface area contributed by atoms with Gasteiger partial charge >= 0.3 is 0 Å². The smallest absolute Gasteiger partial charge is 0.260 e. The molecular formula is C20H20FN3O4. The van der Waals surface area contributed by atoms with Crippen LogP contribution in [0, 0.1) is 5.82 Å². The number of aromatic amines is 1. The number of ether oxygens (including phenoxy) is 2. The maximum absolute atomic E-state index is 13.2. The van der Waals surface area contributed by atoms with E-state index in [0.29, 0.717) is 29.9 Å². The number of rotatable bonds is 8. The second-order valence-corrected chi connectivity index (χ2v) is 6.08. The zero-order valence-corrected chi connectivity index (χ0v) is 15.4. The summed E-state index contributed by atoms with van der Waals surface area (Å²) in [7, 11) is 1.53. The predicted molar refractivity (Wildman–Crippen MR) is 102 cm³/mol. The van der Waals surface area contributed by atoms with Gasteiger partial charge in [0.1, 0.15) is 17.4 Å². The number of carbonyl (C=O) groups excluding carboxylic acids is 1. The summed E-state index contributed by atoms with van der Waals surface area (Å²) < 4.78 is 23.7. The van der Waals surface area contributed by atoms with Crippen molar-refractivity contribution in [3.05, 3.63) is 70.5 Å². The number of hydrogen-bond donors (Lipinski definition) is 1. The van der Waals surface area contributed by atoms with Crippen LogP contribution in [0.2, 0.25) is 0 Å². The van der Waals surface area contributed by atoms with E-state index in [9.17, 15) is 14.0 Å². The molecule has 3 aromatic rings. The Balaban J connectivity index is 1.74. The van der Waals surface area contributed by atoms with Gasteiger partial charge in [-0.2, -0.15) is 0 Å². The molecule has 2 aromatic carbocycles. The lowest BCUT2D eigenvalue weighted by Gasteiger charge is -2.22. The first-order valence-electron chi connectivity index (χ1n) is 8.70. The van der Waals surface area contributed by atoms with Crippen LogP contribution in [0.1, 0.15) is 5.82 Å². The number of halogens is 1. The van der Waals surface area contributed by atoms with Crippen LogP contribution in [0.3, 0.4) is 0 Å². The molecule has 0 bridgehead atoms. The van der Waals surface area contributed by atoms with E-state index >= 15 is 0 Å². The van der Waals surface area contributed by atoms with Gasteiger partial charge in [0, 0.05) is 19.7 Å². The topological polar surface area (TPSA) is 84.5 Å². The molecule has 0 spiro atoms. The Labute approximate surface area is 160 Å². The summed E-state index contributed by atoms with van der Waals surface area (Å²) in [5, 5.41) is 0.482. The molecule has 3 rings (SSSR count). The Morgan fingerprint density at radius 1 is 1.21 bits per heavy atom. The van der Waals surface area contributed by atoms with Crippen LogP contribution in [0.4, 0.5) is 4.39 Å². The molecule has 0 atom stereocenters. The second kappa shape index (κ2) is 9.09. The van der Waals surface area contributed by atoms with Crippen LogP contribution < -0.4 is 10.3 Å². The van der Waals surface area contributed by atoms with Crippen molar-refractivity contribution in [1.29, 1.82) is 0 Å². The number of H-pyrrole nitrogens is 1. The summed E-state index contributed by atoms with van der Waals surface area (Å²) in [6.45, 7) is 0.418. The Morgan fingerprint density at radius 3 is 2.82 bits per heavy atom. The second-order valence-electron chi connectivity index (χ2n) is 6.08. The van der Waals surface area contributed by atoms with Gasteiger partial charge in [0.05, 0.1) is 24.1 Å². The first-order chi connectivity index (χ1) is 13.6. The maximum Gasteiger partial charge on any atom is 0.260 e. The van der Waals surface area contributed by atoms with Crippen LogP contribution in [0.15, 0.2) is 53.3 Å². The molecule has 0 aliphatic rings. The molecule has 0 fully saturated rings. The molecule has 0 saturated carbocycles. The Hall–Kier alpha value is -3.26. The van der Waals surface area contributed by atoms with Gasteiger partial charge in [0.2, 0.25) is 0 Å². The maximum atomic E-state index is 13.2. The molecule has 7 nitrogen and oxygen atoms in total. The van der Waals surface area contributed by atoms with Crippen LogP contribution in [-0.2, 0) is 16.1 Å². The molecule has 0 aliphatic heterocycles. The number of methoxy groups -OCH3 is 1. The first kappa shape index (κ1) is 19.5. The lowest BCUT2D eigenvalue weighted by Crippen LogP contribution is -2.37. The number of nitrogens with zero attached hydrogens (tertiary/aromatic N) is 2. The fourth-order valence-corrected chi connectivity index (χ4v) is 2.68. The van der Waals surface area contributed by atoms with E-state index in [1.54, 1.807) is 30.3 Å². The lowest BCUT2D eigenvalue weighted by molar-refractivity contribution is -0.134. The van der Waals surface area contributed by atoms with E-state index in [1.165, 1.54) is 30.2 Å². The number of carbonyl (C=O) groups is 1. The highest BCUT2D eigenvalue weighted by atomic mass is 19.1.